The quantitative estimate of drug-likeness (QED) is 0.713. The van der Waals surface area contributed by atoms with Crippen LogP contribution in [0.15, 0.2) is 59.4 Å². The maximum Gasteiger partial charge on any atom is 0.350 e. The molecule has 1 aromatic heterocycles. The highest BCUT2D eigenvalue weighted by molar-refractivity contribution is 5.33. The summed E-state index contributed by atoms with van der Waals surface area (Å²) in [4.78, 5) is 14.9. The van der Waals surface area contributed by atoms with Crippen LogP contribution in [0.2, 0.25) is 0 Å². The summed E-state index contributed by atoms with van der Waals surface area (Å²) >= 11 is 0. The summed E-state index contributed by atoms with van der Waals surface area (Å²) < 4.78 is 16.5. The Morgan fingerprint density at radius 1 is 1.07 bits per heavy atom. The molecule has 3 aromatic rings. The first kappa shape index (κ1) is 17.7. The van der Waals surface area contributed by atoms with E-state index in [4.69, 9.17) is 0 Å². The van der Waals surface area contributed by atoms with Gasteiger partial charge >= 0.3 is 5.69 Å². The van der Waals surface area contributed by atoms with Gasteiger partial charge in [0.1, 0.15) is 11.6 Å². The SMILES string of the molecule is Cn1nc(C2CCN(Cc3cccc(F)c3)CC2)n(-c2ccccc2)c1=O. The molecule has 27 heavy (non-hydrogen) atoms. The lowest BCUT2D eigenvalue weighted by atomic mass is 9.95. The molecule has 0 unspecified atom stereocenters. The molecule has 0 N–H and O–H groups in total. The number of para-hydroxylation sites is 1. The molecule has 2 heterocycles. The van der Waals surface area contributed by atoms with E-state index in [9.17, 15) is 9.18 Å². The smallest absolute Gasteiger partial charge is 0.299 e. The van der Waals surface area contributed by atoms with Crippen LogP contribution in [-0.2, 0) is 13.6 Å². The van der Waals surface area contributed by atoms with Crippen LogP contribution in [0.4, 0.5) is 4.39 Å². The normalized spacial score (nSPS) is 15.9. The van der Waals surface area contributed by atoms with Gasteiger partial charge in [-0.1, -0.05) is 30.3 Å². The topological polar surface area (TPSA) is 43.1 Å². The van der Waals surface area contributed by atoms with E-state index in [1.807, 2.05) is 36.4 Å². The number of likely N-dealkylation sites (tertiary alicyclic amines) is 1. The number of hydrogen-bond donors (Lipinski definition) is 0. The fraction of sp³-hybridized carbons (Fsp3) is 0.333. The van der Waals surface area contributed by atoms with Gasteiger partial charge in [0.2, 0.25) is 0 Å². The van der Waals surface area contributed by atoms with Crippen molar-refractivity contribution in [3.05, 3.63) is 82.3 Å². The van der Waals surface area contributed by atoms with Crippen molar-refractivity contribution in [1.29, 1.82) is 0 Å². The molecular weight excluding hydrogens is 343 g/mol. The van der Waals surface area contributed by atoms with Gasteiger partial charge in [0, 0.05) is 19.5 Å². The first-order valence-electron chi connectivity index (χ1n) is 9.30. The van der Waals surface area contributed by atoms with Crippen molar-refractivity contribution in [3.63, 3.8) is 0 Å². The molecule has 0 bridgehead atoms. The van der Waals surface area contributed by atoms with E-state index < -0.39 is 0 Å². The number of benzene rings is 2. The van der Waals surface area contributed by atoms with Gasteiger partial charge in [-0.3, -0.25) is 4.90 Å². The fourth-order valence-corrected chi connectivity index (χ4v) is 3.81. The van der Waals surface area contributed by atoms with E-state index in [2.05, 4.69) is 10.00 Å². The zero-order valence-corrected chi connectivity index (χ0v) is 15.4. The van der Waals surface area contributed by atoms with Crippen molar-refractivity contribution in [2.75, 3.05) is 13.1 Å². The molecule has 1 aliphatic rings. The van der Waals surface area contributed by atoms with Gasteiger partial charge in [-0.2, -0.15) is 5.10 Å². The molecule has 6 heteroatoms. The lowest BCUT2D eigenvalue weighted by molar-refractivity contribution is 0.200. The Morgan fingerprint density at radius 2 is 1.81 bits per heavy atom. The highest BCUT2D eigenvalue weighted by Gasteiger charge is 2.26. The molecule has 2 aromatic carbocycles. The van der Waals surface area contributed by atoms with Gasteiger partial charge in [-0.15, -0.1) is 0 Å². The summed E-state index contributed by atoms with van der Waals surface area (Å²) in [6.45, 7) is 2.56. The molecule has 1 saturated heterocycles. The Bertz CT molecular complexity index is 971. The van der Waals surface area contributed by atoms with Gasteiger partial charge in [-0.25, -0.2) is 18.4 Å². The van der Waals surface area contributed by atoms with Crippen LogP contribution < -0.4 is 5.69 Å². The maximum atomic E-state index is 13.4. The molecule has 0 amide bonds. The number of piperidine rings is 1. The van der Waals surface area contributed by atoms with Crippen LogP contribution in [0, 0.1) is 5.82 Å². The van der Waals surface area contributed by atoms with Gasteiger partial charge in [-0.05, 0) is 55.8 Å². The van der Waals surface area contributed by atoms with E-state index in [0.29, 0.717) is 0 Å². The number of rotatable bonds is 4. The second-order valence-electron chi connectivity index (χ2n) is 7.12. The summed E-state index contributed by atoms with van der Waals surface area (Å²) in [5, 5.41) is 4.53. The molecule has 0 saturated carbocycles. The first-order valence-corrected chi connectivity index (χ1v) is 9.30. The van der Waals surface area contributed by atoms with Gasteiger partial charge in [0.05, 0.1) is 5.69 Å². The van der Waals surface area contributed by atoms with Crippen molar-refractivity contribution >= 4 is 0 Å². The number of aryl methyl sites for hydroxylation is 1. The Morgan fingerprint density at radius 3 is 2.52 bits per heavy atom. The summed E-state index contributed by atoms with van der Waals surface area (Å²) in [5.41, 5.74) is 1.73. The van der Waals surface area contributed by atoms with Crippen LogP contribution in [-0.4, -0.2) is 32.3 Å². The average Bonchev–Trinajstić information content (AvgIpc) is 2.98. The van der Waals surface area contributed by atoms with E-state index in [0.717, 1.165) is 49.6 Å². The molecule has 0 aliphatic carbocycles. The Labute approximate surface area is 157 Å². The minimum atomic E-state index is -0.192. The highest BCUT2D eigenvalue weighted by Crippen LogP contribution is 2.28. The van der Waals surface area contributed by atoms with Crippen LogP contribution in [0.3, 0.4) is 0 Å². The van der Waals surface area contributed by atoms with Gasteiger partial charge in [0.15, 0.2) is 0 Å². The Balaban J connectivity index is 1.50. The lowest BCUT2D eigenvalue weighted by Crippen LogP contribution is -2.33. The summed E-state index contributed by atoms with van der Waals surface area (Å²) in [6, 6.07) is 16.5. The Kier molecular flexibility index (Phi) is 4.90. The van der Waals surface area contributed by atoms with Crippen LogP contribution in [0.25, 0.3) is 5.69 Å². The lowest BCUT2D eigenvalue weighted by Gasteiger charge is -2.31. The van der Waals surface area contributed by atoms with Crippen molar-refractivity contribution < 1.29 is 4.39 Å². The average molecular weight is 366 g/mol. The molecule has 1 fully saturated rings. The Hall–Kier alpha value is -2.73. The zero-order valence-electron chi connectivity index (χ0n) is 15.4. The third-order valence-corrected chi connectivity index (χ3v) is 5.21. The molecule has 0 radical (unpaired) electrons. The number of nitrogens with zero attached hydrogens (tertiary/aromatic N) is 4. The highest BCUT2D eigenvalue weighted by atomic mass is 19.1. The number of hydrogen-bond acceptors (Lipinski definition) is 3. The monoisotopic (exact) mass is 366 g/mol. The maximum absolute atomic E-state index is 13.4. The van der Waals surface area contributed by atoms with Crippen LogP contribution in [0.1, 0.15) is 30.1 Å². The molecule has 5 nitrogen and oxygen atoms in total. The summed E-state index contributed by atoms with van der Waals surface area (Å²) in [5.74, 6) is 0.879. The minimum absolute atomic E-state index is 0.113. The number of halogens is 1. The fourth-order valence-electron chi connectivity index (χ4n) is 3.81. The number of aromatic nitrogens is 3. The molecule has 0 spiro atoms. The largest absolute Gasteiger partial charge is 0.350 e. The predicted molar refractivity (Wildman–Crippen MR) is 102 cm³/mol. The second-order valence-corrected chi connectivity index (χ2v) is 7.12. The van der Waals surface area contributed by atoms with Gasteiger partial charge < -0.3 is 0 Å². The standard InChI is InChI=1S/C21H23FN4O/c1-24-21(27)26(19-8-3-2-4-9-19)20(23-24)17-10-12-25(13-11-17)15-16-6-5-7-18(22)14-16/h2-9,14,17H,10-13,15H2,1H3. The summed E-state index contributed by atoms with van der Waals surface area (Å²) in [6.07, 6.45) is 1.86. The van der Waals surface area contributed by atoms with Crippen LogP contribution in [0.5, 0.6) is 0 Å². The van der Waals surface area contributed by atoms with Crippen molar-refractivity contribution in [3.8, 4) is 5.69 Å². The molecular formula is C21H23FN4O. The van der Waals surface area contributed by atoms with Crippen molar-refractivity contribution in [1.82, 2.24) is 19.2 Å². The van der Waals surface area contributed by atoms with Gasteiger partial charge in [0.25, 0.3) is 0 Å². The third kappa shape index (κ3) is 3.71. The zero-order chi connectivity index (χ0) is 18.8. The minimum Gasteiger partial charge on any atom is -0.299 e. The molecule has 0 atom stereocenters. The predicted octanol–water partition coefficient (Wildman–Crippen LogP) is 3.09. The summed E-state index contributed by atoms with van der Waals surface area (Å²) in [7, 11) is 1.70. The van der Waals surface area contributed by atoms with Crippen molar-refractivity contribution in [2.24, 2.45) is 7.05 Å². The van der Waals surface area contributed by atoms with E-state index in [-0.39, 0.29) is 17.4 Å². The van der Waals surface area contributed by atoms with E-state index >= 15 is 0 Å². The van der Waals surface area contributed by atoms with Crippen molar-refractivity contribution in [2.45, 2.75) is 25.3 Å². The first-order chi connectivity index (χ1) is 13.1. The molecule has 4 rings (SSSR count). The third-order valence-electron chi connectivity index (χ3n) is 5.21. The van der Waals surface area contributed by atoms with E-state index in [1.165, 1.54) is 10.7 Å². The molecule has 140 valence electrons. The molecule has 1 aliphatic heterocycles. The second kappa shape index (κ2) is 7.48. The van der Waals surface area contributed by atoms with E-state index in [1.54, 1.807) is 23.7 Å². The van der Waals surface area contributed by atoms with Crippen LogP contribution >= 0.6 is 0 Å².